The Morgan fingerprint density at radius 2 is 1.83 bits per heavy atom. The molecule has 0 saturated carbocycles. The third-order valence-corrected chi connectivity index (χ3v) is 4.51. The minimum atomic E-state index is -0.767. The highest BCUT2D eigenvalue weighted by molar-refractivity contribution is 14.1. The molecule has 1 aromatic carbocycles. The average molecular weight is 563 g/mol. The highest BCUT2D eigenvalue weighted by Crippen LogP contribution is 2.34. The summed E-state index contributed by atoms with van der Waals surface area (Å²) in [6.07, 6.45) is -1.82. The van der Waals surface area contributed by atoms with Crippen LogP contribution >= 0.6 is 49.7 Å². The number of halogens is 1. The summed E-state index contributed by atoms with van der Waals surface area (Å²) in [4.78, 5) is 0. The lowest BCUT2D eigenvalue weighted by Gasteiger charge is -2.40. The van der Waals surface area contributed by atoms with Crippen molar-refractivity contribution in [3.8, 4) is 0 Å². The van der Waals surface area contributed by atoms with Crippen LogP contribution in [0, 0.1) is 0 Å². The molecule has 0 spiro atoms. The van der Waals surface area contributed by atoms with Crippen LogP contribution in [0.1, 0.15) is 5.56 Å². The topological polar surface area (TPSA) is 55.4 Å². The van der Waals surface area contributed by atoms with Crippen molar-refractivity contribution in [2.75, 3.05) is 13.7 Å². The lowest BCUT2D eigenvalue weighted by Crippen LogP contribution is -2.49. The monoisotopic (exact) mass is 564 g/mol. The standard InChI is InChI=1S/C15H24B4IO6P3/c1-17(27)24-12-11(9-22-8-10-6-4-3-5-7-10)23-15(21-2)14(26-19(20)29)13(12)25-18(16)28/h3-7,11-12,15H,8-9,27-29H2,1-2H3/t11?,12-,15-/m1/s1. The van der Waals surface area contributed by atoms with Crippen LogP contribution in [0.3, 0.4) is 0 Å². The maximum Gasteiger partial charge on any atom is 0.449 e. The minimum absolute atomic E-state index is 0.161. The molecule has 1 aliphatic rings. The van der Waals surface area contributed by atoms with Gasteiger partial charge >= 0.3 is 17.7 Å². The van der Waals surface area contributed by atoms with Crippen LogP contribution in [0.5, 0.6) is 0 Å². The minimum Gasteiger partial charge on any atom is -0.565 e. The Hall–Kier alpha value is 0.680. The second-order valence-electron chi connectivity index (χ2n) is 6.28. The zero-order valence-electron chi connectivity index (χ0n) is 16.4. The number of methoxy groups -OCH3 is 1. The number of ether oxygens (including phenoxy) is 3. The van der Waals surface area contributed by atoms with Gasteiger partial charge in [-0.25, -0.2) is 0 Å². The van der Waals surface area contributed by atoms with E-state index in [1.54, 1.807) is 7.11 Å². The lowest BCUT2D eigenvalue weighted by molar-refractivity contribution is -0.198. The van der Waals surface area contributed by atoms with E-state index in [1.165, 1.54) is 0 Å². The van der Waals surface area contributed by atoms with Crippen molar-refractivity contribution in [1.29, 1.82) is 0 Å². The van der Waals surface area contributed by atoms with Crippen molar-refractivity contribution < 1.29 is 28.2 Å². The molecule has 0 amide bonds. The van der Waals surface area contributed by atoms with Gasteiger partial charge in [-0.3, -0.25) is 0 Å². The van der Waals surface area contributed by atoms with Gasteiger partial charge < -0.3 is 28.2 Å². The van der Waals surface area contributed by atoms with E-state index >= 15 is 0 Å². The molecule has 4 unspecified atom stereocenters. The first-order valence-electron chi connectivity index (χ1n) is 9.01. The molecule has 0 N–H and O–H groups in total. The molecule has 1 aromatic rings. The summed E-state index contributed by atoms with van der Waals surface area (Å²) in [5.74, 6) is 0.840. The SMILES string of the molecule is [B]B(P)OC1=C(OB(P)I)[C@H](OC)OC(COCc2ccccc2)[C@H]1OB(C)P. The van der Waals surface area contributed by atoms with Gasteiger partial charge in [-0.1, -0.05) is 59.5 Å². The Kier molecular flexibility index (Phi) is 11.9. The Balaban J connectivity index is 2.25. The maximum absolute atomic E-state index is 6.11. The van der Waals surface area contributed by atoms with Crippen molar-refractivity contribution >= 4 is 75.1 Å². The number of rotatable bonds is 11. The zero-order chi connectivity index (χ0) is 21.4. The molecule has 29 heavy (non-hydrogen) atoms. The largest absolute Gasteiger partial charge is 0.565 e. The van der Waals surface area contributed by atoms with Gasteiger partial charge in [0.2, 0.25) is 6.29 Å². The second-order valence-corrected chi connectivity index (χ2v) is 11.1. The molecule has 2 radical (unpaired) electrons. The van der Waals surface area contributed by atoms with Crippen molar-refractivity contribution in [2.45, 2.75) is 31.9 Å². The van der Waals surface area contributed by atoms with Gasteiger partial charge in [0.1, 0.15) is 18.0 Å². The van der Waals surface area contributed by atoms with Crippen LogP contribution in [0.4, 0.5) is 0 Å². The van der Waals surface area contributed by atoms with E-state index in [0.717, 1.165) is 5.56 Å². The molecule has 0 saturated heterocycles. The summed E-state index contributed by atoms with van der Waals surface area (Å²) in [6, 6.07) is 9.92. The Labute approximate surface area is 195 Å². The van der Waals surface area contributed by atoms with Crippen LogP contribution in [0.25, 0.3) is 0 Å². The molecule has 154 valence electrons. The first-order valence-corrected chi connectivity index (χ1v) is 12.3. The van der Waals surface area contributed by atoms with Crippen LogP contribution in [0.2, 0.25) is 6.82 Å². The van der Waals surface area contributed by atoms with E-state index in [4.69, 9.17) is 35.9 Å². The van der Waals surface area contributed by atoms with Crippen molar-refractivity contribution in [3.05, 3.63) is 47.4 Å². The van der Waals surface area contributed by atoms with E-state index in [9.17, 15) is 0 Å². The van der Waals surface area contributed by atoms with Gasteiger partial charge in [0.25, 0.3) is 0 Å². The maximum atomic E-state index is 6.11. The van der Waals surface area contributed by atoms with E-state index in [-0.39, 0.29) is 17.7 Å². The average Bonchev–Trinajstić information content (AvgIpc) is 2.65. The van der Waals surface area contributed by atoms with Gasteiger partial charge in [0, 0.05) is 7.11 Å². The summed E-state index contributed by atoms with van der Waals surface area (Å²) < 4.78 is 35.2. The lowest BCUT2D eigenvalue weighted by atomic mass is 9.69. The highest BCUT2D eigenvalue weighted by Gasteiger charge is 2.43. The normalized spacial score (nSPS) is 21.7. The Morgan fingerprint density at radius 3 is 2.38 bits per heavy atom. The zero-order valence-corrected chi connectivity index (χ0v) is 22.0. The summed E-state index contributed by atoms with van der Waals surface area (Å²) in [7, 11) is 15.0. The smallest absolute Gasteiger partial charge is 0.449 e. The molecular formula is C15H24B4IO6P3. The quantitative estimate of drug-likeness (QED) is 0.235. The molecule has 6 nitrogen and oxygen atoms in total. The fourth-order valence-corrected chi connectivity index (χ4v) is 3.50. The molecule has 0 aromatic heterocycles. The van der Waals surface area contributed by atoms with Gasteiger partial charge in [0.15, 0.2) is 5.76 Å². The Morgan fingerprint density at radius 1 is 1.14 bits per heavy atom. The first-order chi connectivity index (χ1) is 13.8. The van der Waals surface area contributed by atoms with Crippen molar-refractivity contribution in [3.63, 3.8) is 0 Å². The third-order valence-electron chi connectivity index (χ3n) is 3.82. The van der Waals surface area contributed by atoms with Gasteiger partial charge in [-0.15, -0.1) is 27.4 Å². The summed E-state index contributed by atoms with van der Waals surface area (Å²) in [6.45, 7) is 1.83. The van der Waals surface area contributed by atoms with Gasteiger partial charge in [-0.2, -0.15) is 0 Å². The van der Waals surface area contributed by atoms with Crippen LogP contribution in [0.15, 0.2) is 41.9 Å². The predicted octanol–water partition coefficient (Wildman–Crippen LogP) is 2.52. The Bertz CT molecular complexity index is 658. The van der Waals surface area contributed by atoms with E-state index in [0.29, 0.717) is 18.1 Å². The fraction of sp³-hybridized carbons (Fsp3) is 0.467. The molecule has 0 aliphatic carbocycles. The van der Waals surface area contributed by atoms with Crippen LogP contribution < -0.4 is 0 Å². The van der Waals surface area contributed by atoms with Crippen molar-refractivity contribution in [1.82, 2.24) is 0 Å². The number of hydrogen-bond acceptors (Lipinski definition) is 6. The van der Waals surface area contributed by atoms with E-state index < -0.39 is 25.0 Å². The first kappa shape index (κ1) is 25.9. The predicted molar refractivity (Wildman–Crippen MR) is 138 cm³/mol. The molecule has 1 heterocycles. The van der Waals surface area contributed by atoms with Crippen LogP contribution in [-0.4, -0.2) is 57.6 Å². The highest BCUT2D eigenvalue weighted by atomic mass is 127. The fourth-order valence-electron chi connectivity index (χ4n) is 2.76. The third kappa shape index (κ3) is 8.61. The molecule has 14 heteroatoms. The second kappa shape index (κ2) is 13.3. The molecule has 2 rings (SSSR count). The number of benzene rings is 1. The molecule has 1 aliphatic heterocycles. The molecule has 0 bridgehead atoms. The molecule has 6 atom stereocenters. The van der Waals surface area contributed by atoms with E-state index in [1.807, 2.05) is 37.2 Å². The summed E-state index contributed by atoms with van der Waals surface area (Å²) >= 11 is 2.12. The van der Waals surface area contributed by atoms with Crippen molar-refractivity contribution in [2.24, 2.45) is 0 Å². The molecule has 0 fully saturated rings. The van der Waals surface area contributed by atoms with E-state index in [2.05, 4.69) is 49.7 Å². The van der Waals surface area contributed by atoms with Crippen LogP contribution in [-0.2, 0) is 34.8 Å². The molecular weight excluding hydrogens is 539 g/mol. The van der Waals surface area contributed by atoms with Gasteiger partial charge in [0.05, 0.1) is 21.0 Å². The number of hydrogen-bond donors (Lipinski definition) is 0. The summed E-state index contributed by atoms with van der Waals surface area (Å²) in [5.41, 5.74) is 1.07. The summed E-state index contributed by atoms with van der Waals surface area (Å²) in [5, 5.41) is 0. The van der Waals surface area contributed by atoms with Gasteiger partial charge in [-0.05, 0) is 5.56 Å².